The molecule has 0 spiro atoms. The Kier molecular flexibility index (Phi) is 3.29. The van der Waals surface area contributed by atoms with E-state index in [2.05, 4.69) is 25.6 Å². The molecule has 1 aliphatic heterocycles. The lowest BCUT2D eigenvalue weighted by Gasteiger charge is -2.41. The van der Waals surface area contributed by atoms with Gasteiger partial charge in [0.1, 0.15) is 16.6 Å². The maximum atomic E-state index is 12.9. The number of aromatic amines is 1. The minimum atomic E-state index is -0.767. The first kappa shape index (κ1) is 15.4. The van der Waals surface area contributed by atoms with E-state index in [0.29, 0.717) is 19.4 Å². The number of carbonyl (C=O) groups is 1. The normalized spacial score (nSPS) is 22.3. The summed E-state index contributed by atoms with van der Waals surface area (Å²) in [5, 5.41) is 10.6. The van der Waals surface area contributed by atoms with Gasteiger partial charge in [-0.05, 0) is 38.2 Å². The minimum absolute atomic E-state index is 0.0221. The Balaban J connectivity index is 1.49. The van der Waals surface area contributed by atoms with Crippen molar-refractivity contribution in [2.24, 2.45) is 5.41 Å². The van der Waals surface area contributed by atoms with Gasteiger partial charge in [0, 0.05) is 24.7 Å². The van der Waals surface area contributed by atoms with Crippen LogP contribution in [0.15, 0.2) is 24.8 Å². The van der Waals surface area contributed by atoms with E-state index >= 15 is 0 Å². The highest BCUT2D eigenvalue weighted by molar-refractivity contribution is 6.01. The van der Waals surface area contributed by atoms with Gasteiger partial charge in [-0.2, -0.15) is 5.26 Å². The Morgan fingerprint density at radius 2 is 2.23 bits per heavy atom. The van der Waals surface area contributed by atoms with Crippen LogP contribution >= 0.6 is 0 Å². The summed E-state index contributed by atoms with van der Waals surface area (Å²) in [7, 11) is 0. The van der Waals surface area contributed by atoms with Crippen LogP contribution in [0.25, 0.3) is 22.1 Å². The Hall–Kier alpha value is -2.88. The second kappa shape index (κ2) is 5.56. The number of fused-ring (bicyclic) bond motifs is 3. The Morgan fingerprint density at radius 3 is 3.00 bits per heavy atom. The molecule has 132 valence electrons. The first-order valence-corrected chi connectivity index (χ1v) is 9.21. The number of H-pyrrole nitrogens is 1. The van der Waals surface area contributed by atoms with E-state index in [1.807, 2.05) is 23.5 Å². The van der Waals surface area contributed by atoms with Crippen molar-refractivity contribution in [2.45, 2.75) is 38.1 Å². The summed E-state index contributed by atoms with van der Waals surface area (Å²) in [4.78, 5) is 26.9. The van der Waals surface area contributed by atoms with E-state index in [9.17, 15) is 10.1 Å². The van der Waals surface area contributed by atoms with Gasteiger partial charge in [-0.3, -0.25) is 4.79 Å². The third-order valence-corrected chi connectivity index (χ3v) is 6.03. The maximum absolute atomic E-state index is 12.9. The third-order valence-electron chi connectivity index (χ3n) is 6.03. The number of carbonyl (C=O) groups excluding carboxylic acids is 1. The Morgan fingerprint density at radius 1 is 1.35 bits per heavy atom. The summed E-state index contributed by atoms with van der Waals surface area (Å²) in [5.41, 5.74) is 2.01. The molecular formula is C19H20N6O. The third kappa shape index (κ3) is 2.08. The number of imidazole rings is 1. The summed E-state index contributed by atoms with van der Waals surface area (Å²) in [5.74, 6) is 0.0221. The molecule has 0 aromatic carbocycles. The SMILES string of the molecule is N#CC1(C(=O)N2CCCC(n3cnc4cnc5[nH]ccc5c43)C2)CCC1. The number of piperidine rings is 1. The van der Waals surface area contributed by atoms with Gasteiger partial charge in [-0.1, -0.05) is 0 Å². The minimum Gasteiger partial charge on any atom is -0.346 e. The summed E-state index contributed by atoms with van der Waals surface area (Å²) in [6.07, 6.45) is 9.86. The molecular weight excluding hydrogens is 328 g/mol. The number of amides is 1. The van der Waals surface area contributed by atoms with E-state index in [0.717, 1.165) is 47.9 Å². The van der Waals surface area contributed by atoms with Crippen LogP contribution in [0, 0.1) is 16.7 Å². The summed E-state index contributed by atoms with van der Waals surface area (Å²) >= 11 is 0. The number of nitrogens with zero attached hydrogens (tertiary/aromatic N) is 5. The molecule has 1 atom stereocenters. The molecule has 2 aliphatic rings. The zero-order chi connectivity index (χ0) is 17.7. The van der Waals surface area contributed by atoms with Gasteiger partial charge in [-0.15, -0.1) is 0 Å². The second-order valence-corrected chi connectivity index (χ2v) is 7.48. The Bertz CT molecular complexity index is 1040. The number of nitrogens with one attached hydrogen (secondary N) is 1. The van der Waals surface area contributed by atoms with Gasteiger partial charge >= 0.3 is 0 Å². The van der Waals surface area contributed by atoms with E-state index in [1.54, 1.807) is 6.20 Å². The topological polar surface area (TPSA) is 90.6 Å². The molecule has 0 radical (unpaired) electrons. The van der Waals surface area contributed by atoms with Crippen LogP contribution in [0.3, 0.4) is 0 Å². The molecule has 4 heterocycles. The molecule has 1 saturated carbocycles. The fourth-order valence-corrected chi connectivity index (χ4v) is 4.38. The lowest BCUT2D eigenvalue weighted by molar-refractivity contribution is -0.144. The number of rotatable bonds is 2. The highest BCUT2D eigenvalue weighted by Gasteiger charge is 2.47. The molecule has 1 unspecified atom stereocenters. The molecule has 26 heavy (non-hydrogen) atoms. The lowest BCUT2D eigenvalue weighted by Crippen LogP contribution is -2.50. The van der Waals surface area contributed by atoms with Gasteiger partial charge in [0.25, 0.3) is 0 Å². The number of hydrogen-bond acceptors (Lipinski definition) is 4. The van der Waals surface area contributed by atoms with Crippen molar-refractivity contribution in [1.29, 1.82) is 5.26 Å². The molecule has 1 amide bonds. The standard InChI is InChI=1S/C19H20N6O/c20-11-19(5-2-6-19)18(26)24-8-1-3-13(10-24)25-12-23-15-9-22-17-14(16(15)25)4-7-21-17/h4,7,9,12-13H,1-3,5-6,8,10H2,(H,21,22). The second-order valence-electron chi connectivity index (χ2n) is 7.48. The number of pyridine rings is 1. The van der Waals surface area contributed by atoms with Crippen molar-refractivity contribution in [2.75, 3.05) is 13.1 Å². The molecule has 7 heteroatoms. The van der Waals surface area contributed by atoms with Crippen molar-refractivity contribution in [3.63, 3.8) is 0 Å². The van der Waals surface area contributed by atoms with Crippen LogP contribution in [0.5, 0.6) is 0 Å². The van der Waals surface area contributed by atoms with Gasteiger partial charge in [0.15, 0.2) is 0 Å². The average molecular weight is 348 g/mol. The predicted molar refractivity (Wildman–Crippen MR) is 96.1 cm³/mol. The number of aromatic nitrogens is 4. The first-order chi connectivity index (χ1) is 12.7. The van der Waals surface area contributed by atoms with Gasteiger partial charge in [0.2, 0.25) is 5.91 Å². The fraction of sp³-hybridized carbons (Fsp3) is 0.474. The van der Waals surface area contributed by atoms with Crippen LogP contribution < -0.4 is 0 Å². The molecule has 0 bridgehead atoms. The molecule has 1 N–H and O–H groups in total. The maximum Gasteiger partial charge on any atom is 0.243 e. The molecule has 7 nitrogen and oxygen atoms in total. The molecule has 3 aromatic rings. The highest BCUT2D eigenvalue weighted by atomic mass is 16.2. The van der Waals surface area contributed by atoms with Crippen molar-refractivity contribution in [3.05, 3.63) is 24.8 Å². The van der Waals surface area contributed by atoms with Crippen molar-refractivity contribution >= 4 is 28.0 Å². The van der Waals surface area contributed by atoms with Crippen LogP contribution in [-0.4, -0.2) is 43.4 Å². The predicted octanol–water partition coefficient (Wildman–Crippen LogP) is 2.77. The summed E-state index contributed by atoms with van der Waals surface area (Å²) in [6.45, 7) is 1.38. The zero-order valence-corrected chi connectivity index (χ0v) is 14.5. The van der Waals surface area contributed by atoms with Crippen LogP contribution in [0.2, 0.25) is 0 Å². The van der Waals surface area contributed by atoms with Crippen molar-refractivity contribution in [1.82, 2.24) is 24.4 Å². The van der Waals surface area contributed by atoms with E-state index in [1.165, 1.54) is 0 Å². The molecule has 1 aliphatic carbocycles. The van der Waals surface area contributed by atoms with Crippen molar-refractivity contribution < 1.29 is 4.79 Å². The number of nitriles is 1. The monoisotopic (exact) mass is 348 g/mol. The average Bonchev–Trinajstić information content (AvgIpc) is 3.27. The van der Waals surface area contributed by atoms with Gasteiger partial charge < -0.3 is 14.5 Å². The van der Waals surface area contributed by atoms with Crippen molar-refractivity contribution in [3.8, 4) is 6.07 Å². The van der Waals surface area contributed by atoms with Crippen LogP contribution in [0.1, 0.15) is 38.1 Å². The smallest absolute Gasteiger partial charge is 0.243 e. The molecule has 3 aromatic heterocycles. The molecule has 5 rings (SSSR count). The zero-order valence-electron chi connectivity index (χ0n) is 14.5. The number of hydrogen-bond donors (Lipinski definition) is 1. The largest absolute Gasteiger partial charge is 0.346 e. The van der Waals surface area contributed by atoms with Crippen LogP contribution in [-0.2, 0) is 4.79 Å². The van der Waals surface area contributed by atoms with E-state index < -0.39 is 5.41 Å². The Labute approximate surface area is 150 Å². The quantitative estimate of drug-likeness (QED) is 0.771. The summed E-state index contributed by atoms with van der Waals surface area (Å²) in [6, 6.07) is 4.49. The highest BCUT2D eigenvalue weighted by Crippen LogP contribution is 2.43. The fourth-order valence-electron chi connectivity index (χ4n) is 4.38. The van der Waals surface area contributed by atoms with Gasteiger partial charge in [0.05, 0.1) is 30.2 Å². The molecule has 2 fully saturated rings. The molecule has 1 saturated heterocycles. The van der Waals surface area contributed by atoms with Crippen LogP contribution in [0.4, 0.5) is 0 Å². The number of likely N-dealkylation sites (tertiary alicyclic amines) is 1. The summed E-state index contributed by atoms with van der Waals surface area (Å²) < 4.78 is 2.19. The van der Waals surface area contributed by atoms with E-state index in [-0.39, 0.29) is 11.9 Å². The van der Waals surface area contributed by atoms with E-state index in [4.69, 9.17) is 0 Å². The lowest BCUT2D eigenvalue weighted by atomic mass is 9.69. The van der Waals surface area contributed by atoms with Gasteiger partial charge in [-0.25, -0.2) is 9.97 Å². The first-order valence-electron chi connectivity index (χ1n) is 9.21.